The van der Waals surface area contributed by atoms with Crippen LogP contribution in [0.3, 0.4) is 0 Å². The van der Waals surface area contributed by atoms with E-state index in [2.05, 4.69) is 10.3 Å². The number of amides is 1. The van der Waals surface area contributed by atoms with E-state index in [-0.39, 0.29) is 41.8 Å². The summed E-state index contributed by atoms with van der Waals surface area (Å²) in [7, 11) is 0. The van der Waals surface area contributed by atoms with Crippen LogP contribution in [0.2, 0.25) is 0 Å². The molecule has 5 heterocycles. The first kappa shape index (κ1) is 26.6. The molecular formula is C32H24F2N6O3S. The third kappa shape index (κ3) is 4.04. The zero-order chi connectivity index (χ0) is 29.9. The first-order valence-corrected chi connectivity index (χ1v) is 15.1. The SMILES string of the molecule is O=C1c2c(OCc3ccccc3)c(=O)ccn2N([C@@H]2c3ccccc3SCc3c2ccc(F)c3F)[C@@H]2c3cnnn3CCN12. The summed E-state index contributed by atoms with van der Waals surface area (Å²) in [5.41, 5.74) is 2.75. The van der Waals surface area contributed by atoms with Crippen molar-refractivity contribution < 1.29 is 18.3 Å². The minimum atomic E-state index is -0.926. The van der Waals surface area contributed by atoms with Crippen LogP contribution in [0.25, 0.3) is 0 Å². The van der Waals surface area contributed by atoms with Gasteiger partial charge in [0.05, 0.1) is 18.8 Å². The van der Waals surface area contributed by atoms with Crippen LogP contribution >= 0.6 is 11.8 Å². The molecule has 0 aliphatic carbocycles. The molecule has 3 aromatic carbocycles. The van der Waals surface area contributed by atoms with Crippen molar-refractivity contribution in [1.82, 2.24) is 24.6 Å². The highest BCUT2D eigenvalue weighted by molar-refractivity contribution is 7.98. The van der Waals surface area contributed by atoms with Crippen LogP contribution in [0, 0.1) is 11.6 Å². The highest BCUT2D eigenvalue weighted by Gasteiger charge is 2.48. The van der Waals surface area contributed by atoms with Gasteiger partial charge < -0.3 is 9.64 Å². The van der Waals surface area contributed by atoms with Crippen molar-refractivity contribution >= 4 is 17.7 Å². The summed E-state index contributed by atoms with van der Waals surface area (Å²) in [6, 6.07) is 20.5. The molecule has 0 fully saturated rings. The first-order chi connectivity index (χ1) is 21.5. The minimum absolute atomic E-state index is 0.0594. The second kappa shape index (κ2) is 10.3. The van der Waals surface area contributed by atoms with Crippen LogP contribution < -0.4 is 15.2 Å². The predicted molar refractivity (Wildman–Crippen MR) is 158 cm³/mol. The molecule has 9 nitrogen and oxygen atoms in total. The largest absolute Gasteiger partial charge is 0.482 e. The average molecular weight is 611 g/mol. The summed E-state index contributed by atoms with van der Waals surface area (Å²) < 4.78 is 39.7. The lowest BCUT2D eigenvalue weighted by Gasteiger charge is -2.51. The van der Waals surface area contributed by atoms with E-state index in [0.717, 1.165) is 22.1 Å². The molecule has 3 aliphatic heterocycles. The van der Waals surface area contributed by atoms with Crippen molar-refractivity contribution in [3.63, 3.8) is 0 Å². The van der Waals surface area contributed by atoms with Crippen LogP contribution in [0.1, 0.15) is 50.6 Å². The molecule has 0 spiro atoms. The van der Waals surface area contributed by atoms with Crippen LogP contribution in [-0.4, -0.2) is 37.0 Å². The van der Waals surface area contributed by atoms with Crippen LogP contribution in [0.5, 0.6) is 5.75 Å². The number of carbonyl (C=O) groups is 1. The number of hydrogen-bond donors (Lipinski definition) is 0. The third-order valence-electron chi connectivity index (χ3n) is 8.36. The maximum absolute atomic E-state index is 15.5. The molecule has 0 N–H and O–H groups in total. The van der Waals surface area contributed by atoms with Gasteiger partial charge in [-0.15, -0.1) is 16.9 Å². The molecule has 0 unspecified atom stereocenters. The molecule has 1 amide bonds. The molecule has 220 valence electrons. The lowest BCUT2D eigenvalue weighted by Crippen LogP contribution is -2.60. The summed E-state index contributed by atoms with van der Waals surface area (Å²) in [4.78, 5) is 30.3. The molecule has 0 saturated carbocycles. The number of thioether (sulfide) groups is 1. The molecule has 0 saturated heterocycles. The Balaban J connectivity index is 1.40. The quantitative estimate of drug-likeness (QED) is 0.289. The summed E-state index contributed by atoms with van der Waals surface area (Å²) in [6.07, 6.45) is 2.43. The Morgan fingerprint density at radius 1 is 0.932 bits per heavy atom. The fourth-order valence-corrected chi connectivity index (χ4v) is 7.47. The Morgan fingerprint density at radius 3 is 2.61 bits per heavy atom. The zero-order valence-corrected chi connectivity index (χ0v) is 24.0. The van der Waals surface area contributed by atoms with Gasteiger partial charge in [-0.25, -0.2) is 13.5 Å². The molecule has 3 aliphatic rings. The second-order valence-electron chi connectivity index (χ2n) is 10.8. The normalized spacial score (nSPS) is 18.5. The van der Waals surface area contributed by atoms with Crippen molar-refractivity contribution in [2.24, 2.45) is 0 Å². The maximum atomic E-state index is 15.5. The van der Waals surface area contributed by atoms with Crippen LogP contribution in [0.4, 0.5) is 8.78 Å². The highest BCUT2D eigenvalue weighted by atomic mass is 32.2. The van der Waals surface area contributed by atoms with E-state index in [1.807, 2.05) is 59.6 Å². The smallest absolute Gasteiger partial charge is 0.278 e. The summed E-state index contributed by atoms with van der Waals surface area (Å²) in [5, 5.41) is 10.3. The number of ether oxygens (including phenoxy) is 1. The molecule has 2 aromatic heterocycles. The Morgan fingerprint density at radius 2 is 1.75 bits per heavy atom. The van der Waals surface area contributed by atoms with Crippen molar-refractivity contribution in [3.05, 3.63) is 141 Å². The van der Waals surface area contributed by atoms with E-state index in [1.54, 1.807) is 32.7 Å². The number of rotatable bonds is 4. The monoisotopic (exact) mass is 610 g/mol. The lowest BCUT2D eigenvalue weighted by molar-refractivity contribution is 0.0461. The Hall–Kier alpha value is -4.97. The molecule has 5 aromatic rings. The molecule has 2 atom stereocenters. The molecular weight excluding hydrogens is 586 g/mol. The Kier molecular flexibility index (Phi) is 6.26. The van der Waals surface area contributed by atoms with Gasteiger partial charge in [-0.3, -0.25) is 19.3 Å². The van der Waals surface area contributed by atoms with Gasteiger partial charge in [0.2, 0.25) is 5.43 Å². The maximum Gasteiger partial charge on any atom is 0.278 e. The predicted octanol–water partition coefficient (Wildman–Crippen LogP) is 4.80. The number of benzene rings is 3. The van der Waals surface area contributed by atoms with Gasteiger partial charge in [0.25, 0.3) is 5.91 Å². The van der Waals surface area contributed by atoms with Gasteiger partial charge in [0, 0.05) is 35.0 Å². The van der Waals surface area contributed by atoms with Gasteiger partial charge >= 0.3 is 0 Å². The zero-order valence-electron chi connectivity index (χ0n) is 23.1. The van der Waals surface area contributed by atoms with Crippen LogP contribution in [0.15, 0.2) is 94.9 Å². The van der Waals surface area contributed by atoms with Gasteiger partial charge in [-0.05, 0) is 28.8 Å². The minimum Gasteiger partial charge on any atom is -0.482 e. The van der Waals surface area contributed by atoms with E-state index in [0.29, 0.717) is 17.8 Å². The average Bonchev–Trinajstić information content (AvgIpc) is 3.47. The number of aromatic nitrogens is 4. The highest BCUT2D eigenvalue weighted by Crippen LogP contribution is 2.48. The van der Waals surface area contributed by atoms with E-state index >= 15 is 4.39 Å². The summed E-state index contributed by atoms with van der Waals surface area (Å²) in [5.74, 6) is -2.08. The number of hydrogen-bond acceptors (Lipinski definition) is 7. The number of carbonyl (C=O) groups excluding carboxylic acids is 1. The summed E-state index contributed by atoms with van der Waals surface area (Å²) in [6.45, 7) is 0.762. The van der Waals surface area contributed by atoms with Crippen LogP contribution in [-0.2, 0) is 18.9 Å². The van der Waals surface area contributed by atoms with Gasteiger partial charge in [-0.2, -0.15) is 0 Å². The molecule has 12 heteroatoms. The third-order valence-corrected chi connectivity index (χ3v) is 9.48. The fourth-order valence-electron chi connectivity index (χ4n) is 6.35. The van der Waals surface area contributed by atoms with E-state index in [4.69, 9.17) is 4.74 Å². The molecule has 0 radical (unpaired) electrons. The van der Waals surface area contributed by atoms with E-state index in [1.165, 1.54) is 17.8 Å². The van der Waals surface area contributed by atoms with Crippen molar-refractivity contribution in [1.29, 1.82) is 0 Å². The Labute approximate surface area is 254 Å². The van der Waals surface area contributed by atoms with E-state index in [9.17, 15) is 14.0 Å². The fraction of sp³-hybridized carbons (Fsp3) is 0.188. The standard InChI is InChI=1S/C32H24F2N6O3S/c33-23-11-10-20-22(27(23)34)18-44-26-9-5-4-8-21(26)28(20)40-31-24-16-35-36-38(24)15-14-37(31)32(42)29-30(25(41)12-13-39(29)40)43-17-19-6-2-1-3-7-19/h1-13,16,28,31H,14-15,17-18H2/t28-,31+/m0/s1. The number of fused-ring (bicyclic) bond motifs is 6. The van der Waals surface area contributed by atoms with Gasteiger partial charge in [-0.1, -0.05) is 59.8 Å². The number of pyridine rings is 1. The molecule has 44 heavy (non-hydrogen) atoms. The second-order valence-corrected chi connectivity index (χ2v) is 11.8. The van der Waals surface area contributed by atoms with E-state index < -0.39 is 29.3 Å². The molecule has 8 rings (SSSR count). The van der Waals surface area contributed by atoms with Crippen molar-refractivity contribution in [3.8, 4) is 5.75 Å². The Bertz CT molecular complexity index is 2000. The van der Waals surface area contributed by atoms with Crippen molar-refractivity contribution in [2.75, 3.05) is 11.6 Å². The lowest BCUT2D eigenvalue weighted by atomic mass is 9.92. The first-order valence-electron chi connectivity index (χ1n) is 14.1. The van der Waals surface area contributed by atoms with Crippen molar-refractivity contribution in [2.45, 2.75) is 36.0 Å². The number of nitrogens with zero attached hydrogens (tertiary/aromatic N) is 6. The summed E-state index contributed by atoms with van der Waals surface area (Å²) >= 11 is 1.42. The number of halogens is 2. The topological polar surface area (TPSA) is 85.5 Å². The molecule has 0 bridgehead atoms. The van der Waals surface area contributed by atoms with Gasteiger partial charge in [0.15, 0.2) is 29.2 Å². The van der Waals surface area contributed by atoms with Gasteiger partial charge in [0.1, 0.15) is 12.3 Å².